The highest BCUT2D eigenvalue weighted by Gasteiger charge is 2.66. The van der Waals surface area contributed by atoms with Crippen molar-refractivity contribution < 1.29 is 0 Å². The van der Waals surface area contributed by atoms with Crippen molar-refractivity contribution in [1.29, 1.82) is 0 Å². The van der Waals surface area contributed by atoms with Crippen molar-refractivity contribution in [3.05, 3.63) is 71.8 Å². The van der Waals surface area contributed by atoms with Crippen molar-refractivity contribution in [1.82, 2.24) is 0 Å². The fourth-order valence-electron chi connectivity index (χ4n) is 3.51. The third-order valence-electron chi connectivity index (χ3n) is 4.52. The summed E-state index contributed by atoms with van der Waals surface area (Å²) in [6, 6.07) is 20.5. The van der Waals surface area contributed by atoms with Gasteiger partial charge in [-0.2, -0.15) is 0 Å². The summed E-state index contributed by atoms with van der Waals surface area (Å²) in [7, 11) is 0. The molecule has 2 aromatic carbocycles. The Morgan fingerprint density at radius 3 is 1.33 bits per heavy atom. The quantitative estimate of drug-likeness (QED) is 0.626. The minimum Gasteiger partial charge on any atom is -0.0909 e. The summed E-state index contributed by atoms with van der Waals surface area (Å²) in [6.07, 6.45) is 3.46. The molecular weight excluding hydrogens is 252 g/mol. The monoisotopic (exact) mass is 268 g/mol. The van der Waals surface area contributed by atoms with Crippen LogP contribution in [-0.2, 0) is 0 Å². The van der Waals surface area contributed by atoms with Crippen LogP contribution in [0.25, 0.3) is 0 Å². The zero-order valence-electron chi connectivity index (χ0n) is 11.9. The van der Waals surface area contributed by atoms with Crippen molar-refractivity contribution in [2.75, 3.05) is 0 Å². The second-order valence-electron chi connectivity index (χ2n) is 6.32. The Kier molecular flexibility index (Phi) is 2.66. The van der Waals surface area contributed by atoms with E-state index in [-0.39, 0.29) is 10.8 Å². The zero-order chi connectivity index (χ0) is 14.2. The van der Waals surface area contributed by atoms with Crippen LogP contribution in [0.5, 0.6) is 0 Å². The van der Waals surface area contributed by atoms with Crippen molar-refractivity contribution in [2.24, 2.45) is 10.8 Å². The predicted molar refractivity (Wildman–Crippen MR) is 85.4 cm³/mol. The highest BCUT2D eigenvalue weighted by Crippen LogP contribution is 2.72. The lowest BCUT2D eigenvalue weighted by atomic mass is 9.36. The van der Waals surface area contributed by atoms with Crippen molar-refractivity contribution in [2.45, 2.75) is 19.3 Å². The fraction of sp³-hybridized carbons (Fsp3) is 0.238. The van der Waals surface area contributed by atoms with Gasteiger partial charge in [0.15, 0.2) is 0 Å². The van der Waals surface area contributed by atoms with Gasteiger partial charge in [0, 0.05) is 22.0 Å². The second kappa shape index (κ2) is 4.54. The molecule has 2 bridgehead atoms. The molecule has 3 saturated carbocycles. The Hall–Kier alpha value is -2.44. The fourth-order valence-corrected chi connectivity index (χ4v) is 3.51. The standard InChI is InChI=1S/C21H16/c1-3-7-18(8-4-1)11-13-20-15-21(16-20,17-20)14-12-19-9-5-2-6-10-19/h1-10H,15-17H2. The maximum absolute atomic E-state index is 3.48. The van der Waals surface area contributed by atoms with E-state index in [1.807, 2.05) is 36.4 Å². The molecule has 3 fully saturated rings. The van der Waals surface area contributed by atoms with Gasteiger partial charge in [-0.3, -0.25) is 0 Å². The molecule has 0 saturated heterocycles. The summed E-state index contributed by atoms with van der Waals surface area (Å²) in [5, 5.41) is 0. The lowest BCUT2D eigenvalue weighted by molar-refractivity contribution is -0.113. The summed E-state index contributed by atoms with van der Waals surface area (Å²) in [5.41, 5.74) is 2.76. The number of benzene rings is 2. The predicted octanol–water partition coefficient (Wildman–Crippen LogP) is 4.26. The molecule has 0 amide bonds. The SMILES string of the molecule is C(#CC12CC(C#Cc3ccccc3)(C1)C2)c1ccccc1. The molecule has 21 heavy (non-hydrogen) atoms. The zero-order valence-corrected chi connectivity index (χ0v) is 11.9. The number of hydrogen-bond acceptors (Lipinski definition) is 0. The lowest BCUT2D eigenvalue weighted by Gasteiger charge is -2.65. The van der Waals surface area contributed by atoms with Gasteiger partial charge in [0.05, 0.1) is 0 Å². The van der Waals surface area contributed by atoms with Gasteiger partial charge in [0.2, 0.25) is 0 Å². The van der Waals surface area contributed by atoms with Gasteiger partial charge in [0.25, 0.3) is 0 Å². The number of hydrogen-bond donors (Lipinski definition) is 0. The van der Waals surface area contributed by atoms with Gasteiger partial charge in [0.1, 0.15) is 0 Å². The first-order valence-corrected chi connectivity index (χ1v) is 7.44. The molecule has 0 aromatic heterocycles. The van der Waals surface area contributed by atoms with E-state index in [4.69, 9.17) is 0 Å². The second-order valence-corrected chi connectivity index (χ2v) is 6.32. The van der Waals surface area contributed by atoms with Crippen molar-refractivity contribution >= 4 is 0 Å². The smallest absolute Gasteiger partial charge is 0.0361 e. The van der Waals surface area contributed by atoms with Crippen LogP contribution in [0.4, 0.5) is 0 Å². The number of rotatable bonds is 0. The highest BCUT2D eigenvalue weighted by atomic mass is 14.7. The van der Waals surface area contributed by atoms with Gasteiger partial charge >= 0.3 is 0 Å². The molecule has 0 N–H and O–H groups in total. The average Bonchev–Trinajstić information content (AvgIpc) is 2.46. The third kappa shape index (κ3) is 2.24. The van der Waals surface area contributed by atoms with E-state index in [0.717, 1.165) is 30.4 Å². The molecule has 0 spiro atoms. The molecule has 3 aliphatic rings. The summed E-state index contributed by atoms with van der Waals surface area (Å²) in [6.45, 7) is 0. The van der Waals surface area contributed by atoms with Crippen LogP contribution < -0.4 is 0 Å². The van der Waals surface area contributed by atoms with Crippen LogP contribution in [0.2, 0.25) is 0 Å². The average molecular weight is 268 g/mol. The van der Waals surface area contributed by atoms with Crippen molar-refractivity contribution in [3.8, 4) is 23.7 Å². The molecule has 0 heteroatoms. The van der Waals surface area contributed by atoms with Gasteiger partial charge in [-0.05, 0) is 43.5 Å². The van der Waals surface area contributed by atoms with Gasteiger partial charge in [-0.25, -0.2) is 0 Å². The summed E-state index contributed by atoms with van der Waals surface area (Å²) >= 11 is 0. The molecule has 5 rings (SSSR count). The minimum atomic E-state index is 0.265. The summed E-state index contributed by atoms with van der Waals surface area (Å²) in [5.74, 6) is 13.6. The van der Waals surface area contributed by atoms with E-state index in [9.17, 15) is 0 Å². The van der Waals surface area contributed by atoms with E-state index in [0.29, 0.717) is 0 Å². The first-order chi connectivity index (χ1) is 10.3. The van der Waals surface area contributed by atoms with E-state index >= 15 is 0 Å². The van der Waals surface area contributed by atoms with Crippen LogP contribution in [0.1, 0.15) is 30.4 Å². The molecule has 0 atom stereocenters. The Labute approximate surface area is 126 Å². The van der Waals surface area contributed by atoms with E-state index in [1.54, 1.807) is 0 Å². The van der Waals surface area contributed by atoms with Crippen molar-refractivity contribution in [3.63, 3.8) is 0 Å². The van der Waals surface area contributed by atoms with Crippen LogP contribution in [0.3, 0.4) is 0 Å². The Balaban J connectivity index is 1.43. The van der Waals surface area contributed by atoms with Crippen LogP contribution in [-0.4, -0.2) is 0 Å². The normalized spacial score (nSPS) is 28.0. The molecule has 100 valence electrons. The van der Waals surface area contributed by atoms with E-state index in [1.165, 1.54) is 0 Å². The van der Waals surface area contributed by atoms with Crippen LogP contribution >= 0.6 is 0 Å². The maximum Gasteiger partial charge on any atom is 0.0361 e. The van der Waals surface area contributed by atoms with Crippen LogP contribution in [0.15, 0.2) is 60.7 Å². The Morgan fingerprint density at radius 1 is 0.571 bits per heavy atom. The molecule has 0 unspecified atom stereocenters. The molecule has 3 aliphatic carbocycles. The molecule has 0 radical (unpaired) electrons. The largest absolute Gasteiger partial charge is 0.0909 e. The maximum atomic E-state index is 3.48. The molecule has 0 nitrogen and oxygen atoms in total. The molecule has 2 aromatic rings. The summed E-state index contributed by atoms with van der Waals surface area (Å²) < 4.78 is 0. The lowest BCUT2D eigenvalue weighted by Crippen LogP contribution is -2.60. The highest BCUT2D eigenvalue weighted by molar-refractivity contribution is 5.45. The van der Waals surface area contributed by atoms with Gasteiger partial charge < -0.3 is 0 Å². The molecule has 0 heterocycles. The van der Waals surface area contributed by atoms with E-state index in [2.05, 4.69) is 47.9 Å². The molecular formula is C21H16. The first kappa shape index (κ1) is 12.3. The van der Waals surface area contributed by atoms with Crippen LogP contribution in [0, 0.1) is 34.5 Å². The molecule has 0 aliphatic heterocycles. The Bertz CT molecular complexity index is 689. The minimum absolute atomic E-state index is 0.265. The summed E-state index contributed by atoms with van der Waals surface area (Å²) in [4.78, 5) is 0. The third-order valence-corrected chi connectivity index (χ3v) is 4.52. The Morgan fingerprint density at radius 2 is 0.952 bits per heavy atom. The van der Waals surface area contributed by atoms with Gasteiger partial charge in [-0.1, -0.05) is 60.1 Å². The topological polar surface area (TPSA) is 0 Å². The first-order valence-electron chi connectivity index (χ1n) is 7.44. The van der Waals surface area contributed by atoms with E-state index < -0.39 is 0 Å². The van der Waals surface area contributed by atoms with Gasteiger partial charge in [-0.15, -0.1) is 0 Å².